The highest BCUT2D eigenvalue weighted by molar-refractivity contribution is 6.20. The normalized spacial score (nSPS) is 13.1. The number of nitrogens with zero attached hydrogens (tertiary/aromatic N) is 1. The predicted octanol–water partition coefficient (Wildman–Crippen LogP) is 15.0. The summed E-state index contributed by atoms with van der Waals surface area (Å²) in [6.45, 7) is 4.71. The monoisotopic (exact) mass is 703 g/mol. The van der Waals surface area contributed by atoms with Gasteiger partial charge in [-0.1, -0.05) is 153 Å². The summed E-state index contributed by atoms with van der Waals surface area (Å²) in [6.07, 6.45) is 0. The van der Waals surface area contributed by atoms with Crippen LogP contribution in [0.5, 0.6) is 0 Å². The molecular formula is C53H37NO. The van der Waals surface area contributed by atoms with Gasteiger partial charge in [-0.2, -0.15) is 0 Å². The molecule has 1 aliphatic rings. The SMILES string of the molecule is CC1(C)c2ccccc2-c2ccc(N(c3ccc(-c4ccccc4)cc3)c3cc4c5ccc(-c6ccc7ccccc7c6)cc5oc4c4ccccc34)cc21. The van der Waals surface area contributed by atoms with Crippen molar-refractivity contribution in [2.24, 2.45) is 0 Å². The van der Waals surface area contributed by atoms with E-state index >= 15 is 0 Å². The quantitative estimate of drug-likeness (QED) is 0.177. The summed E-state index contributed by atoms with van der Waals surface area (Å²) in [5.41, 5.74) is 15.1. The Morgan fingerprint density at radius 1 is 0.400 bits per heavy atom. The van der Waals surface area contributed by atoms with Crippen LogP contribution in [0.1, 0.15) is 25.0 Å². The summed E-state index contributed by atoms with van der Waals surface area (Å²) in [4.78, 5) is 2.44. The number of hydrogen-bond donors (Lipinski definition) is 0. The lowest BCUT2D eigenvalue weighted by molar-refractivity contribution is 0.660. The molecule has 10 aromatic rings. The van der Waals surface area contributed by atoms with E-state index in [-0.39, 0.29) is 5.41 Å². The molecule has 0 radical (unpaired) electrons. The van der Waals surface area contributed by atoms with Gasteiger partial charge in [0.15, 0.2) is 0 Å². The van der Waals surface area contributed by atoms with Gasteiger partial charge in [0.2, 0.25) is 0 Å². The van der Waals surface area contributed by atoms with E-state index in [9.17, 15) is 0 Å². The van der Waals surface area contributed by atoms with Crippen LogP contribution >= 0.6 is 0 Å². The lowest BCUT2D eigenvalue weighted by Crippen LogP contribution is -2.16. The Kier molecular flexibility index (Phi) is 6.93. The zero-order chi connectivity index (χ0) is 36.7. The average molecular weight is 704 g/mol. The number of furan rings is 1. The van der Waals surface area contributed by atoms with E-state index in [1.807, 2.05) is 0 Å². The van der Waals surface area contributed by atoms with Gasteiger partial charge in [0.1, 0.15) is 11.2 Å². The van der Waals surface area contributed by atoms with E-state index in [0.29, 0.717) is 0 Å². The second-order valence-electron chi connectivity index (χ2n) is 15.3. The highest BCUT2D eigenvalue weighted by Crippen LogP contribution is 2.52. The van der Waals surface area contributed by atoms with E-state index in [4.69, 9.17) is 4.42 Å². The van der Waals surface area contributed by atoms with Gasteiger partial charge in [0.25, 0.3) is 0 Å². The van der Waals surface area contributed by atoms with E-state index in [1.54, 1.807) is 0 Å². The molecule has 0 spiro atoms. The molecule has 0 N–H and O–H groups in total. The van der Waals surface area contributed by atoms with Gasteiger partial charge in [-0.05, 0) is 104 Å². The molecule has 2 heteroatoms. The molecule has 0 unspecified atom stereocenters. The minimum absolute atomic E-state index is 0.125. The van der Waals surface area contributed by atoms with Crippen molar-refractivity contribution in [3.05, 3.63) is 199 Å². The zero-order valence-corrected chi connectivity index (χ0v) is 30.8. The third kappa shape index (κ3) is 4.95. The van der Waals surface area contributed by atoms with Crippen molar-refractivity contribution in [2.75, 3.05) is 4.90 Å². The molecule has 55 heavy (non-hydrogen) atoms. The molecule has 1 aromatic heterocycles. The third-order valence-electron chi connectivity index (χ3n) is 11.8. The fraction of sp³-hybridized carbons (Fsp3) is 0.0566. The first-order valence-electron chi connectivity index (χ1n) is 19.1. The van der Waals surface area contributed by atoms with Crippen LogP contribution in [-0.4, -0.2) is 0 Å². The molecule has 260 valence electrons. The second kappa shape index (κ2) is 12.1. The molecule has 0 bridgehead atoms. The molecule has 0 amide bonds. The highest BCUT2D eigenvalue weighted by atomic mass is 16.3. The topological polar surface area (TPSA) is 16.4 Å². The van der Waals surface area contributed by atoms with E-state index in [0.717, 1.165) is 55.3 Å². The first kappa shape index (κ1) is 31.6. The van der Waals surface area contributed by atoms with Crippen LogP contribution in [0.15, 0.2) is 192 Å². The fourth-order valence-electron chi connectivity index (χ4n) is 9.00. The summed E-state index contributed by atoms with van der Waals surface area (Å²) >= 11 is 0. The maximum Gasteiger partial charge on any atom is 0.143 e. The third-order valence-corrected chi connectivity index (χ3v) is 11.8. The minimum Gasteiger partial charge on any atom is -0.455 e. The Hall–Kier alpha value is -6.90. The molecule has 0 fully saturated rings. The lowest BCUT2D eigenvalue weighted by Gasteiger charge is -2.29. The summed E-state index contributed by atoms with van der Waals surface area (Å²) in [7, 11) is 0. The van der Waals surface area contributed by atoms with E-state index in [1.165, 1.54) is 49.7 Å². The Morgan fingerprint density at radius 2 is 1.04 bits per heavy atom. The van der Waals surface area contributed by atoms with Crippen molar-refractivity contribution in [1.29, 1.82) is 0 Å². The minimum atomic E-state index is -0.125. The maximum atomic E-state index is 6.83. The molecule has 9 aromatic carbocycles. The molecule has 0 aliphatic heterocycles. The average Bonchev–Trinajstić information content (AvgIpc) is 3.72. The molecule has 11 rings (SSSR count). The van der Waals surface area contributed by atoms with Crippen LogP contribution in [-0.2, 0) is 5.41 Å². The molecule has 1 aliphatic carbocycles. The number of anilines is 3. The molecular weight excluding hydrogens is 667 g/mol. The van der Waals surface area contributed by atoms with E-state index in [2.05, 4.69) is 207 Å². The second-order valence-corrected chi connectivity index (χ2v) is 15.3. The van der Waals surface area contributed by atoms with Gasteiger partial charge in [-0.25, -0.2) is 0 Å². The number of benzene rings is 9. The lowest BCUT2D eigenvalue weighted by atomic mass is 9.82. The number of hydrogen-bond acceptors (Lipinski definition) is 2. The van der Waals surface area contributed by atoms with Crippen molar-refractivity contribution in [2.45, 2.75) is 19.3 Å². The van der Waals surface area contributed by atoms with Crippen LogP contribution in [0, 0.1) is 0 Å². The van der Waals surface area contributed by atoms with Crippen molar-refractivity contribution in [1.82, 2.24) is 0 Å². The van der Waals surface area contributed by atoms with Crippen LogP contribution < -0.4 is 4.90 Å². The smallest absolute Gasteiger partial charge is 0.143 e. The Bertz CT molecular complexity index is 3110. The largest absolute Gasteiger partial charge is 0.455 e. The van der Waals surface area contributed by atoms with Gasteiger partial charge >= 0.3 is 0 Å². The Balaban J connectivity index is 1.12. The van der Waals surface area contributed by atoms with Crippen LogP contribution in [0.3, 0.4) is 0 Å². The standard InChI is InChI=1S/C53H37NO/c1-53(2)48-19-11-10-16-42(48)43-29-27-41(32-49(43)53)54(40-25-22-36(23-26-40)34-12-4-3-5-13-34)50-33-47-45-28-24-39(38-21-20-35-14-6-7-15-37(35)30-38)31-51(45)55-52(47)46-18-9-8-17-44(46)50/h3-33H,1-2H3. The first-order chi connectivity index (χ1) is 27.0. The molecule has 1 heterocycles. The molecule has 0 saturated heterocycles. The van der Waals surface area contributed by atoms with Crippen molar-refractivity contribution < 1.29 is 4.42 Å². The van der Waals surface area contributed by atoms with Gasteiger partial charge in [0, 0.05) is 38.3 Å². The summed E-state index contributed by atoms with van der Waals surface area (Å²) in [5, 5.41) is 6.92. The first-order valence-corrected chi connectivity index (χ1v) is 19.1. The predicted molar refractivity (Wildman–Crippen MR) is 232 cm³/mol. The highest BCUT2D eigenvalue weighted by Gasteiger charge is 2.36. The summed E-state index contributed by atoms with van der Waals surface area (Å²) < 4.78 is 6.83. The maximum absolute atomic E-state index is 6.83. The van der Waals surface area contributed by atoms with Crippen molar-refractivity contribution in [3.8, 4) is 33.4 Å². The van der Waals surface area contributed by atoms with Gasteiger partial charge in [-0.15, -0.1) is 0 Å². The van der Waals surface area contributed by atoms with Gasteiger partial charge in [0.05, 0.1) is 5.69 Å². The fourth-order valence-corrected chi connectivity index (χ4v) is 9.00. The molecule has 2 nitrogen and oxygen atoms in total. The van der Waals surface area contributed by atoms with Crippen molar-refractivity contribution in [3.63, 3.8) is 0 Å². The van der Waals surface area contributed by atoms with Gasteiger partial charge < -0.3 is 9.32 Å². The Morgan fingerprint density at radius 3 is 1.89 bits per heavy atom. The molecule has 0 atom stereocenters. The van der Waals surface area contributed by atoms with Crippen molar-refractivity contribution >= 4 is 60.5 Å². The van der Waals surface area contributed by atoms with Gasteiger partial charge in [-0.3, -0.25) is 0 Å². The van der Waals surface area contributed by atoms with Crippen LogP contribution in [0.25, 0.3) is 76.9 Å². The molecule has 0 saturated carbocycles. The van der Waals surface area contributed by atoms with Crippen LogP contribution in [0.4, 0.5) is 17.1 Å². The van der Waals surface area contributed by atoms with Crippen LogP contribution in [0.2, 0.25) is 0 Å². The Labute approximate surface area is 320 Å². The number of fused-ring (bicyclic) bond motifs is 9. The summed E-state index contributed by atoms with van der Waals surface area (Å²) in [5.74, 6) is 0. The van der Waals surface area contributed by atoms with E-state index < -0.39 is 0 Å². The zero-order valence-electron chi connectivity index (χ0n) is 30.8. The number of rotatable bonds is 5. The summed E-state index contributed by atoms with van der Waals surface area (Å²) in [6, 6.07) is 68.4.